The first-order chi connectivity index (χ1) is 12.9. The van der Waals surface area contributed by atoms with Crippen molar-refractivity contribution in [2.45, 2.75) is 60.3 Å². The third kappa shape index (κ3) is 9.74. The van der Waals surface area contributed by atoms with Gasteiger partial charge in [0.1, 0.15) is 11.5 Å². The van der Waals surface area contributed by atoms with Crippen molar-refractivity contribution < 1.29 is 9.84 Å². The average molecular weight is 372 g/mol. The van der Waals surface area contributed by atoms with Crippen LogP contribution >= 0.6 is 0 Å². The number of para-hydroxylation sites is 2. The molecule has 0 heterocycles. The number of methoxy groups -OCH3 is 1. The second kappa shape index (κ2) is 14.7. The highest BCUT2D eigenvalue weighted by Gasteiger charge is 1.99. The first kappa shape index (κ1) is 24.6. The fraction of sp³-hybridized carbons (Fsp3) is 0.417. The number of phenolic OH excluding ortho intramolecular Hbond substituents is 1. The molecule has 0 spiro atoms. The highest BCUT2D eigenvalue weighted by atomic mass is 16.5. The van der Waals surface area contributed by atoms with Crippen LogP contribution in [0, 0.1) is 13.8 Å². The molecule has 0 aliphatic carbocycles. The summed E-state index contributed by atoms with van der Waals surface area (Å²) in [5.41, 5.74) is 9.33. The van der Waals surface area contributed by atoms with E-state index in [-0.39, 0.29) is 5.75 Å². The first-order valence-corrected chi connectivity index (χ1v) is 9.76. The van der Waals surface area contributed by atoms with Crippen LogP contribution < -0.4 is 10.5 Å². The summed E-state index contributed by atoms with van der Waals surface area (Å²) in [5, 5.41) is 9.24. The van der Waals surface area contributed by atoms with Gasteiger partial charge in [-0.3, -0.25) is 0 Å². The molecular weight excluding hydrogens is 334 g/mol. The number of phenols is 1. The first-order valence-electron chi connectivity index (χ1n) is 9.76. The zero-order valence-corrected chi connectivity index (χ0v) is 17.9. The number of aryl methyl sites for hydroxylation is 2. The number of nitrogen functional groups attached to an aromatic ring is 1. The van der Waals surface area contributed by atoms with Crippen molar-refractivity contribution in [2.24, 2.45) is 0 Å². The van der Waals surface area contributed by atoms with Crippen molar-refractivity contribution in [1.82, 2.24) is 0 Å². The van der Waals surface area contributed by atoms with Crippen LogP contribution in [-0.2, 0) is 0 Å². The molecule has 0 saturated heterocycles. The van der Waals surface area contributed by atoms with E-state index in [0.717, 1.165) is 17.7 Å². The van der Waals surface area contributed by atoms with Crippen molar-refractivity contribution in [3.63, 3.8) is 0 Å². The normalized spacial score (nSPS) is 9.85. The number of nitrogens with two attached hydrogens (primary N) is 1. The lowest BCUT2D eigenvalue weighted by atomic mass is 10.1. The largest absolute Gasteiger partial charge is 0.506 e. The minimum Gasteiger partial charge on any atom is -0.506 e. The van der Waals surface area contributed by atoms with Gasteiger partial charge in [0.05, 0.1) is 12.8 Å². The monoisotopic (exact) mass is 371 g/mol. The molecule has 2 aromatic rings. The van der Waals surface area contributed by atoms with Crippen LogP contribution in [0.5, 0.6) is 11.5 Å². The molecule has 0 atom stereocenters. The van der Waals surface area contributed by atoms with Crippen molar-refractivity contribution in [1.29, 1.82) is 0 Å². The Morgan fingerprint density at radius 2 is 1.52 bits per heavy atom. The van der Waals surface area contributed by atoms with Crippen molar-refractivity contribution in [3.05, 3.63) is 59.2 Å². The van der Waals surface area contributed by atoms with Gasteiger partial charge in [-0.15, -0.1) is 0 Å². The molecule has 0 unspecified atom stereocenters. The number of ether oxygens (including phenoxy) is 1. The molecule has 0 fully saturated rings. The van der Waals surface area contributed by atoms with Gasteiger partial charge in [-0.2, -0.15) is 0 Å². The molecule has 3 N–H and O–H groups in total. The molecule has 0 bridgehead atoms. The van der Waals surface area contributed by atoms with E-state index < -0.39 is 0 Å². The Morgan fingerprint density at radius 1 is 0.963 bits per heavy atom. The second-order valence-corrected chi connectivity index (χ2v) is 6.37. The third-order valence-electron chi connectivity index (χ3n) is 3.97. The Kier molecular flexibility index (Phi) is 13.4. The maximum Gasteiger partial charge on any atom is 0.139 e. The lowest BCUT2D eigenvalue weighted by Crippen LogP contribution is -1.89. The van der Waals surface area contributed by atoms with Crippen LogP contribution in [-0.4, -0.2) is 12.2 Å². The third-order valence-corrected chi connectivity index (χ3v) is 3.97. The lowest BCUT2D eigenvalue weighted by molar-refractivity contribution is 0.408. The van der Waals surface area contributed by atoms with Crippen LogP contribution in [0.2, 0.25) is 0 Å². The molecule has 3 nitrogen and oxygen atoms in total. The summed E-state index contributed by atoms with van der Waals surface area (Å²) in [6.45, 7) is 10.6. The lowest BCUT2D eigenvalue weighted by Gasteiger charge is -2.06. The number of unbranched alkanes of at least 4 members (excludes halogenated alkanes) is 2. The minimum atomic E-state index is 0.147. The summed E-state index contributed by atoms with van der Waals surface area (Å²) >= 11 is 0. The van der Waals surface area contributed by atoms with Gasteiger partial charge in [0.2, 0.25) is 0 Å². The van der Waals surface area contributed by atoms with Crippen LogP contribution in [0.1, 0.15) is 63.1 Å². The second-order valence-electron chi connectivity index (χ2n) is 6.37. The number of hydrogen-bond donors (Lipinski definition) is 2. The van der Waals surface area contributed by atoms with E-state index in [1.165, 1.54) is 30.4 Å². The van der Waals surface area contributed by atoms with E-state index >= 15 is 0 Å². The topological polar surface area (TPSA) is 55.5 Å². The molecule has 27 heavy (non-hydrogen) atoms. The Balaban J connectivity index is 0.000000408. The summed E-state index contributed by atoms with van der Waals surface area (Å²) in [7, 11) is 1.70. The number of allylic oxidation sites excluding steroid dienone is 1. The molecule has 3 heteroatoms. The average Bonchev–Trinajstić information content (AvgIpc) is 2.65. The SMILES string of the molecule is CC/C=C\c1cccc(O)c1N.CCCCC.COc1c(C)cccc1C. The van der Waals surface area contributed by atoms with E-state index in [1.807, 2.05) is 50.3 Å². The molecule has 0 aliphatic rings. The maximum absolute atomic E-state index is 9.24. The quantitative estimate of drug-likeness (QED) is 0.443. The number of aromatic hydroxyl groups is 1. The highest BCUT2D eigenvalue weighted by Crippen LogP contribution is 2.24. The molecule has 0 aromatic heterocycles. The predicted molar refractivity (Wildman–Crippen MR) is 120 cm³/mol. The molecule has 2 aromatic carbocycles. The fourth-order valence-corrected chi connectivity index (χ4v) is 2.44. The van der Waals surface area contributed by atoms with Gasteiger partial charge >= 0.3 is 0 Å². The molecule has 0 aliphatic heterocycles. The van der Waals surface area contributed by atoms with E-state index in [1.54, 1.807) is 19.2 Å². The Labute approximate surface area is 165 Å². The fourth-order valence-electron chi connectivity index (χ4n) is 2.44. The zero-order valence-electron chi connectivity index (χ0n) is 17.9. The van der Waals surface area contributed by atoms with E-state index in [2.05, 4.69) is 20.8 Å². The van der Waals surface area contributed by atoms with Gasteiger partial charge in [-0.1, -0.05) is 82.5 Å². The van der Waals surface area contributed by atoms with Gasteiger partial charge in [0, 0.05) is 5.56 Å². The van der Waals surface area contributed by atoms with Gasteiger partial charge in [0.25, 0.3) is 0 Å². The van der Waals surface area contributed by atoms with Crippen molar-refractivity contribution >= 4 is 11.8 Å². The van der Waals surface area contributed by atoms with Gasteiger partial charge in [-0.05, 0) is 37.5 Å². The van der Waals surface area contributed by atoms with E-state index in [9.17, 15) is 5.11 Å². The summed E-state index contributed by atoms with van der Waals surface area (Å²) in [5.74, 6) is 1.15. The minimum absolute atomic E-state index is 0.147. The zero-order chi connectivity index (χ0) is 20.7. The number of benzene rings is 2. The number of hydrogen-bond acceptors (Lipinski definition) is 3. The number of rotatable bonds is 5. The summed E-state index contributed by atoms with van der Waals surface area (Å²) in [6, 6.07) is 11.4. The van der Waals surface area contributed by atoms with Crippen LogP contribution in [0.3, 0.4) is 0 Å². The number of anilines is 1. The molecule has 0 radical (unpaired) electrons. The predicted octanol–water partition coefficient (Wildman–Crippen LogP) is 6.91. The van der Waals surface area contributed by atoms with Crippen molar-refractivity contribution in [2.75, 3.05) is 12.8 Å². The Morgan fingerprint density at radius 3 is 1.93 bits per heavy atom. The van der Waals surface area contributed by atoms with E-state index in [0.29, 0.717) is 5.69 Å². The summed E-state index contributed by atoms with van der Waals surface area (Å²) in [6.07, 6.45) is 8.96. The Hall–Kier alpha value is -2.42. The Bertz CT molecular complexity index is 656. The maximum atomic E-state index is 9.24. The van der Waals surface area contributed by atoms with Gasteiger partial charge in [0.15, 0.2) is 0 Å². The molecule has 0 amide bonds. The van der Waals surface area contributed by atoms with Crippen LogP contribution in [0.4, 0.5) is 5.69 Å². The van der Waals surface area contributed by atoms with Crippen LogP contribution in [0.15, 0.2) is 42.5 Å². The van der Waals surface area contributed by atoms with E-state index in [4.69, 9.17) is 10.5 Å². The smallest absolute Gasteiger partial charge is 0.139 e. The van der Waals surface area contributed by atoms with Crippen molar-refractivity contribution in [3.8, 4) is 11.5 Å². The summed E-state index contributed by atoms with van der Waals surface area (Å²) < 4.78 is 5.18. The molecular formula is C24H37NO2. The standard InChI is InChI=1S/C10H13NO.C9H12O.C5H12/c1-2-3-5-8-6-4-7-9(12)10(8)11;1-7-5-4-6-8(2)9(7)10-3;1-3-5-4-2/h3-7,12H,2,11H2,1H3;4-6H,1-3H3;3-5H2,1-2H3/b5-3-;;. The molecule has 2 rings (SSSR count). The van der Waals surface area contributed by atoms with Gasteiger partial charge in [-0.25, -0.2) is 0 Å². The van der Waals surface area contributed by atoms with Gasteiger partial charge < -0.3 is 15.6 Å². The highest BCUT2D eigenvalue weighted by molar-refractivity contribution is 5.69. The molecule has 0 saturated carbocycles. The summed E-state index contributed by atoms with van der Waals surface area (Å²) in [4.78, 5) is 0. The van der Waals surface area contributed by atoms with Crippen LogP contribution in [0.25, 0.3) is 6.08 Å². The molecule has 150 valence electrons.